The van der Waals surface area contributed by atoms with E-state index in [9.17, 15) is 9.59 Å². The summed E-state index contributed by atoms with van der Waals surface area (Å²) in [5.74, 6) is 0.408. The van der Waals surface area contributed by atoms with E-state index in [1.54, 1.807) is 10.9 Å². The summed E-state index contributed by atoms with van der Waals surface area (Å²) in [4.78, 5) is 25.9. The van der Waals surface area contributed by atoms with E-state index in [4.69, 9.17) is 5.73 Å². The first-order valence-electron chi connectivity index (χ1n) is 6.83. The minimum atomic E-state index is -0.502. The van der Waals surface area contributed by atoms with Crippen LogP contribution in [0.15, 0.2) is 28.0 Å². The average Bonchev–Trinajstić information content (AvgIpc) is 2.91. The molecule has 114 valence electrons. The molecule has 0 aliphatic rings. The number of nitrogens with two attached hydrogens (primary N) is 1. The molecule has 0 aromatic carbocycles. The van der Waals surface area contributed by atoms with Gasteiger partial charge in [0.15, 0.2) is 0 Å². The Morgan fingerprint density at radius 3 is 2.81 bits per heavy atom. The van der Waals surface area contributed by atoms with Crippen LogP contribution in [0.2, 0.25) is 0 Å². The summed E-state index contributed by atoms with van der Waals surface area (Å²) in [6.45, 7) is 5.48. The summed E-state index contributed by atoms with van der Waals surface area (Å²) < 4.78 is 3.11. The second-order valence-corrected chi connectivity index (χ2v) is 5.22. The lowest BCUT2D eigenvalue weighted by atomic mass is 10.2. The normalized spacial score (nSPS) is 11.0. The molecule has 8 heteroatoms. The van der Waals surface area contributed by atoms with Gasteiger partial charge in [-0.3, -0.25) is 19.0 Å². The molecule has 0 fully saturated rings. The van der Waals surface area contributed by atoms with Crippen molar-refractivity contribution in [3.8, 4) is 0 Å². The molecule has 0 saturated carbocycles. The van der Waals surface area contributed by atoms with Gasteiger partial charge >= 0.3 is 5.69 Å². The molecule has 0 amide bonds. The number of nitrogens with one attached hydrogen (secondary N) is 2. The predicted octanol–water partition coefficient (Wildman–Crippen LogP) is 0.0834. The number of rotatable bonds is 6. The van der Waals surface area contributed by atoms with Gasteiger partial charge < -0.3 is 11.1 Å². The maximum absolute atomic E-state index is 11.9. The lowest BCUT2D eigenvalue weighted by Gasteiger charge is -2.15. The van der Waals surface area contributed by atoms with Gasteiger partial charge in [-0.25, -0.2) is 4.79 Å². The minimum Gasteiger partial charge on any atom is -0.383 e. The third-order valence-corrected chi connectivity index (χ3v) is 2.99. The third-order valence-electron chi connectivity index (χ3n) is 2.99. The summed E-state index contributed by atoms with van der Waals surface area (Å²) >= 11 is 0. The Kier molecular flexibility index (Phi) is 4.46. The molecule has 2 heterocycles. The van der Waals surface area contributed by atoms with Crippen LogP contribution >= 0.6 is 0 Å². The Morgan fingerprint density at radius 2 is 2.19 bits per heavy atom. The molecule has 2 aromatic rings. The first-order chi connectivity index (χ1) is 9.99. The molecular formula is C13H20N6O2. The van der Waals surface area contributed by atoms with Gasteiger partial charge in [0.2, 0.25) is 0 Å². The van der Waals surface area contributed by atoms with Crippen molar-refractivity contribution in [1.29, 1.82) is 0 Å². The van der Waals surface area contributed by atoms with Crippen molar-refractivity contribution < 1.29 is 0 Å². The van der Waals surface area contributed by atoms with Gasteiger partial charge in [0, 0.05) is 25.5 Å². The Hall–Kier alpha value is -2.51. The molecule has 8 nitrogen and oxygen atoms in total. The van der Waals surface area contributed by atoms with E-state index in [0.717, 1.165) is 0 Å². The van der Waals surface area contributed by atoms with Crippen molar-refractivity contribution in [2.24, 2.45) is 5.92 Å². The summed E-state index contributed by atoms with van der Waals surface area (Å²) in [6, 6.07) is 1.82. The van der Waals surface area contributed by atoms with Crippen molar-refractivity contribution in [2.75, 3.05) is 17.6 Å². The fourth-order valence-electron chi connectivity index (χ4n) is 2.03. The van der Waals surface area contributed by atoms with Gasteiger partial charge in [0.1, 0.15) is 11.5 Å². The van der Waals surface area contributed by atoms with Gasteiger partial charge in [-0.2, -0.15) is 5.10 Å². The van der Waals surface area contributed by atoms with Crippen LogP contribution in [0, 0.1) is 5.92 Å². The first-order valence-corrected chi connectivity index (χ1v) is 6.83. The van der Waals surface area contributed by atoms with Crippen molar-refractivity contribution in [3.05, 3.63) is 39.3 Å². The highest BCUT2D eigenvalue weighted by molar-refractivity contribution is 5.60. The Bertz CT molecular complexity index is 698. The Morgan fingerprint density at radius 1 is 1.43 bits per heavy atom. The van der Waals surface area contributed by atoms with Crippen LogP contribution in [-0.2, 0) is 13.1 Å². The number of H-pyrrole nitrogens is 1. The number of aromatic nitrogens is 4. The standard InChI is InChI=1S/C13H20N6O2/c1-9(2)8-19-11(14)10(12(20)17-13(19)21)15-5-7-18-6-3-4-16-18/h3-4,6,9,15H,5,7-8,14H2,1-2H3,(H,17,20,21). The number of nitrogens with zero attached hydrogens (tertiary/aromatic N) is 3. The zero-order chi connectivity index (χ0) is 15.4. The van der Waals surface area contributed by atoms with Crippen LogP contribution in [0.1, 0.15) is 13.8 Å². The van der Waals surface area contributed by atoms with E-state index >= 15 is 0 Å². The molecule has 0 aliphatic carbocycles. The molecule has 4 N–H and O–H groups in total. The molecular weight excluding hydrogens is 272 g/mol. The highest BCUT2D eigenvalue weighted by Crippen LogP contribution is 2.11. The minimum absolute atomic E-state index is 0.165. The zero-order valence-electron chi connectivity index (χ0n) is 12.2. The number of anilines is 2. The van der Waals surface area contributed by atoms with Crippen LogP contribution in [0.25, 0.3) is 0 Å². The lowest BCUT2D eigenvalue weighted by Crippen LogP contribution is -2.35. The van der Waals surface area contributed by atoms with Gasteiger partial charge in [-0.05, 0) is 12.0 Å². The second-order valence-electron chi connectivity index (χ2n) is 5.22. The molecule has 0 radical (unpaired) electrons. The summed E-state index contributed by atoms with van der Waals surface area (Å²) in [5.41, 5.74) is 5.19. The summed E-state index contributed by atoms with van der Waals surface area (Å²) in [6.07, 6.45) is 3.51. The van der Waals surface area contributed by atoms with Crippen molar-refractivity contribution in [3.63, 3.8) is 0 Å². The van der Waals surface area contributed by atoms with E-state index in [1.807, 2.05) is 26.1 Å². The van der Waals surface area contributed by atoms with Crippen LogP contribution in [0.5, 0.6) is 0 Å². The summed E-state index contributed by atoms with van der Waals surface area (Å²) in [5, 5.41) is 7.04. The van der Waals surface area contributed by atoms with Crippen LogP contribution in [0.4, 0.5) is 11.5 Å². The molecule has 0 aliphatic heterocycles. The quantitative estimate of drug-likeness (QED) is 0.698. The van der Waals surface area contributed by atoms with E-state index < -0.39 is 11.2 Å². The largest absolute Gasteiger partial charge is 0.383 e. The fraction of sp³-hybridized carbons (Fsp3) is 0.462. The lowest BCUT2D eigenvalue weighted by molar-refractivity contribution is 0.508. The van der Waals surface area contributed by atoms with Gasteiger partial charge in [-0.15, -0.1) is 0 Å². The number of hydrogen-bond donors (Lipinski definition) is 3. The average molecular weight is 292 g/mol. The molecule has 2 aromatic heterocycles. The van der Waals surface area contributed by atoms with Crippen molar-refractivity contribution >= 4 is 11.5 Å². The molecule has 0 saturated heterocycles. The number of hydrogen-bond acceptors (Lipinski definition) is 5. The molecule has 21 heavy (non-hydrogen) atoms. The summed E-state index contributed by atoms with van der Waals surface area (Å²) in [7, 11) is 0. The second kappa shape index (κ2) is 6.29. The van der Waals surface area contributed by atoms with Gasteiger partial charge in [-0.1, -0.05) is 13.8 Å². The van der Waals surface area contributed by atoms with Crippen LogP contribution in [0.3, 0.4) is 0 Å². The zero-order valence-corrected chi connectivity index (χ0v) is 12.2. The SMILES string of the molecule is CC(C)Cn1c(N)c(NCCn2cccn2)c(=O)[nH]c1=O. The smallest absolute Gasteiger partial charge is 0.330 e. The number of nitrogen functional groups attached to an aromatic ring is 1. The van der Waals surface area contributed by atoms with E-state index in [2.05, 4.69) is 15.4 Å². The van der Waals surface area contributed by atoms with Crippen molar-refractivity contribution in [2.45, 2.75) is 26.9 Å². The first kappa shape index (κ1) is 14.9. The molecule has 0 unspecified atom stereocenters. The monoisotopic (exact) mass is 292 g/mol. The van der Waals surface area contributed by atoms with E-state index in [0.29, 0.717) is 19.6 Å². The maximum atomic E-state index is 11.9. The van der Waals surface area contributed by atoms with Crippen LogP contribution < -0.4 is 22.3 Å². The van der Waals surface area contributed by atoms with Gasteiger partial charge in [0.05, 0.1) is 6.54 Å². The van der Waals surface area contributed by atoms with Gasteiger partial charge in [0.25, 0.3) is 5.56 Å². The molecule has 0 spiro atoms. The highest BCUT2D eigenvalue weighted by atomic mass is 16.2. The predicted molar refractivity (Wildman–Crippen MR) is 81.3 cm³/mol. The molecule has 2 rings (SSSR count). The molecule has 0 bridgehead atoms. The number of aromatic amines is 1. The topological polar surface area (TPSA) is 111 Å². The maximum Gasteiger partial charge on any atom is 0.330 e. The Balaban J connectivity index is 2.18. The van der Waals surface area contributed by atoms with E-state index in [-0.39, 0.29) is 17.4 Å². The van der Waals surface area contributed by atoms with E-state index in [1.165, 1.54) is 4.57 Å². The Labute approximate surface area is 121 Å². The molecule has 0 atom stereocenters. The fourth-order valence-corrected chi connectivity index (χ4v) is 2.03. The van der Waals surface area contributed by atoms with Crippen molar-refractivity contribution in [1.82, 2.24) is 19.3 Å². The highest BCUT2D eigenvalue weighted by Gasteiger charge is 2.12. The third kappa shape index (κ3) is 3.53. The van der Waals surface area contributed by atoms with Crippen LogP contribution in [-0.4, -0.2) is 25.9 Å².